The van der Waals surface area contributed by atoms with Gasteiger partial charge in [-0.2, -0.15) is 0 Å². The van der Waals surface area contributed by atoms with Crippen molar-refractivity contribution in [2.45, 2.75) is 24.2 Å². The number of methoxy groups -OCH3 is 1. The Hall–Kier alpha value is -4.34. The molecule has 5 aromatic rings. The molecule has 5 rings (SSSR count). The summed E-state index contributed by atoms with van der Waals surface area (Å²) >= 11 is 5.93. The van der Waals surface area contributed by atoms with Crippen LogP contribution in [0.2, 0.25) is 5.02 Å². The Kier molecular flexibility index (Phi) is 8.56. The van der Waals surface area contributed by atoms with Crippen molar-refractivity contribution in [1.29, 1.82) is 0 Å². The van der Waals surface area contributed by atoms with Crippen molar-refractivity contribution in [2.75, 3.05) is 18.4 Å². The Morgan fingerprint density at radius 3 is 2.44 bits per heavy atom. The standard InChI is InChI=1S/C31H28ClN3O5S/c1-39-29(36)15-5-6-20-40-28-14-8-13-27-30(28)33-31(22-9-3-2-4-10-22)35(27)25-12-7-11-24(21-25)34-41(37,38)26-18-16-23(32)17-19-26/h2-4,7-14,16-19,21,34H,5-6,15,20H2,1H3. The van der Waals surface area contributed by atoms with E-state index in [4.69, 9.17) is 26.1 Å². The predicted molar refractivity (Wildman–Crippen MR) is 160 cm³/mol. The van der Waals surface area contributed by atoms with Gasteiger partial charge in [0.2, 0.25) is 0 Å². The highest BCUT2D eigenvalue weighted by Crippen LogP contribution is 2.34. The van der Waals surface area contributed by atoms with Crippen LogP contribution in [0, 0.1) is 0 Å². The van der Waals surface area contributed by atoms with E-state index in [9.17, 15) is 13.2 Å². The molecule has 0 bridgehead atoms. The fourth-order valence-corrected chi connectivity index (χ4v) is 5.60. The summed E-state index contributed by atoms with van der Waals surface area (Å²) in [6.45, 7) is 0.422. The maximum absolute atomic E-state index is 13.0. The van der Waals surface area contributed by atoms with Crippen LogP contribution < -0.4 is 9.46 Å². The number of rotatable bonds is 11. The van der Waals surface area contributed by atoms with Gasteiger partial charge in [-0.3, -0.25) is 14.1 Å². The van der Waals surface area contributed by atoms with Crippen molar-refractivity contribution in [2.24, 2.45) is 0 Å². The second kappa shape index (κ2) is 12.4. The summed E-state index contributed by atoms with van der Waals surface area (Å²) in [7, 11) is -2.45. The number of carbonyl (C=O) groups excluding carboxylic acids is 1. The van der Waals surface area contributed by atoms with Gasteiger partial charge in [0, 0.05) is 22.7 Å². The van der Waals surface area contributed by atoms with Gasteiger partial charge in [0.25, 0.3) is 10.0 Å². The fraction of sp³-hybridized carbons (Fsp3) is 0.161. The summed E-state index contributed by atoms with van der Waals surface area (Å²) in [5.74, 6) is 1.06. The number of hydrogen-bond donors (Lipinski definition) is 1. The molecule has 0 saturated carbocycles. The van der Waals surface area contributed by atoms with Gasteiger partial charge in [0.1, 0.15) is 17.1 Å². The fourth-order valence-electron chi connectivity index (χ4n) is 4.42. The van der Waals surface area contributed by atoms with Crippen molar-refractivity contribution in [3.8, 4) is 22.8 Å². The van der Waals surface area contributed by atoms with Gasteiger partial charge in [0.05, 0.1) is 29.8 Å². The molecular weight excluding hydrogens is 562 g/mol. The number of imidazole rings is 1. The highest BCUT2D eigenvalue weighted by atomic mass is 35.5. The van der Waals surface area contributed by atoms with Crippen LogP contribution in [0.4, 0.5) is 5.69 Å². The van der Waals surface area contributed by atoms with E-state index in [2.05, 4.69) is 4.72 Å². The number of sulfonamides is 1. The van der Waals surface area contributed by atoms with E-state index in [-0.39, 0.29) is 10.9 Å². The number of nitrogens with zero attached hydrogens (tertiary/aromatic N) is 2. The monoisotopic (exact) mass is 589 g/mol. The third kappa shape index (κ3) is 6.53. The average Bonchev–Trinajstić information content (AvgIpc) is 3.38. The number of hydrogen-bond acceptors (Lipinski definition) is 6. The minimum atomic E-state index is -3.83. The number of unbranched alkanes of at least 4 members (excludes halogenated alkanes) is 1. The predicted octanol–water partition coefficient (Wildman–Crippen LogP) is 6.87. The minimum absolute atomic E-state index is 0.110. The zero-order valence-corrected chi connectivity index (χ0v) is 23.9. The van der Waals surface area contributed by atoms with E-state index < -0.39 is 10.0 Å². The van der Waals surface area contributed by atoms with Crippen LogP contribution in [0.5, 0.6) is 5.75 Å². The van der Waals surface area contributed by atoms with Crippen LogP contribution in [-0.4, -0.2) is 37.7 Å². The summed E-state index contributed by atoms with van der Waals surface area (Å²) < 4.78 is 41.5. The largest absolute Gasteiger partial charge is 0.491 e. The maximum Gasteiger partial charge on any atom is 0.305 e. The van der Waals surface area contributed by atoms with Crippen molar-refractivity contribution >= 4 is 44.3 Å². The molecule has 1 N–H and O–H groups in total. The highest BCUT2D eigenvalue weighted by molar-refractivity contribution is 7.92. The first-order chi connectivity index (χ1) is 19.9. The zero-order valence-electron chi connectivity index (χ0n) is 22.3. The molecule has 0 fully saturated rings. The van der Waals surface area contributed by atoms with Crippen LogP contribution >= 0.6 is 11.6 Å². The summed E-state index contributed by atoms with van der Waals surface area (Å²) in [6, 6.07) is 28.6. The quantitative estimate of drug-likeness (QED) is 0.133. The first-order valence-electron chi connectivity index (χ1n) is 13.0. The van der Waals surface area contributed by atoms with Gasteiger partial charge in [-0.25, -0.2) is 13.4 Å². The lowest BCUT2D eigenvalue weighted by Crippen LogP contribution is -2.13. The Balaban J connectivity index is 1.50. The molecule has 0 atom stereocenters. The van der Waals surface area contributed by atoms with Crippen LogP contribution in [-0.2, 0) is 19.6 Å². The molecule has 210 valence electrons. The molecule has 8 nitrogen and oxygen atoms in total. The smallest absolute Gasteiger partial charge is 0.305 e. The third-order valence-electron chi connectivity index (χ3n) is 6.42. The summed E-state index contributed by atoms with van der Waals surface area (Å²) in [5.41, 5.74) is 3.48. The maximum atomic E-state index is 13.0. The molecule has 0 aliphatic heterocycles. The number of ether oxygens (including phenoxy) is 2. The molecule has 0 unspecified atom stereocenters. The van der Waals surface area contributed by atoms with E-state index in [1.54, 1.807) is 18.2 Å². The van der Waals surface area contributed by atoms with Gasteiger partial charge in [-0.1, -0.05) is 54.1 Å². The van der Waals surface area contributed by atoms with Crippen molar-refractivity contribution in [3.63, 3.8) is 0 Å². The molecule has 0 saturated heterocycles. The number of aromatic nitrogens is 2. The third-order valence-corrected chi connectivity index (χ3v) is 8.07. The Morgan fingerprint density at radius 2 is 1.68 bits per heavy atom. The second-order valence-electron chi connectivity index (χ2n) is 9.25. The van der Waals surface area contributed by atoms with Crippen molar-refractivity contribution in [1.82, 2.24) is 9.55 Å². The van der Waals surface area contributed by atoms with Crippen LogP contribution in [0.25, 0.3) is 28.1 Å². The molecule has 0 radical (unpaired) electrons. The van der Waals surface area contributed by atoms with E-state index in [1.165, 1.54) is 31.4 Å². The van der Waals surface area contributed by atoms with Crippen LogP contribution in [0.1, 0.15) is 19.3 Å². The van der Waals surface area contributed by atoms with E-state index >= 15 is 0 Å². The zero-order chi connectivity index (χ0) is 28.8. The van der Waals surface area contributed by atoms with E-state index in [1.807, 2.05) is 59.2 Å². The first kappa shape index (κ1) is 28.2. The van der Waals surface area contributed by atoms with Gasteiger partial charge in [0.15, 0.2) is 0 Å². The number of fused-ring (bicyclic) bond motifs is 1. The van der Waals surface area contributed by atoms with Gasteiger partial charge < -0.3 is 9.47 Å². The highest BCUT2D eigenvalue weighted by Gasteiger charge is 2.19. The van der Waals surface area contributed by atoms with Gasteiger partial charge in [-0.15, -0.1) is 0 Å². The van der Waals surface area contributed by atoms with Crippen molar-refractivity contribution in [3.05, 3.63) is 102 Å². The number of anilines is 1. The lowest BCUT2D eigenvalue weighted by Gasteiger charge is -2.13. The van der Waals surface area contributed by atoms with Gasteiger partial charge in [-0.05, 0) is 67.4 Å². The number of esters is 1. The molecule has 0 spiro atoms. The lowest BCUT2D eigenvalue weighted by molar-refractivity contribution is -0.140. The number of nitrogens with one attached hydrogen (secondary N) is 1. The number of halogens is 1. The molecule has 1 heterocycles. The molecule has 0 aliphatic carbocycles. The number of para-hydroxylation sites is 1. The van der Waals surface area contributed by atoms with E-state index in [0.29, 0.717) is 53.7 Å². The van der Waals surface area contributed by atoms with E-state index in [0.717, 1.165) is 16.8 Å². The Morgan fingerprint density at radius 1 is 0.927 bits per heavy atom. The summed E-state index contributed by atoms with van der Waals surface area (Å²) in [4.78, 5) is 16.5. The van der Waals surface area contributed by atoms with Gasteiger partial charge >= 0.3 is 5.97 Å². The van der Waals surface area contributed by atoms with Crippen LogP contribution in [0.3, 0.4) is 0 Å². The first-order valence-corrected chi connectivity index (χ1v) is 14.9. The Bertz CT molecular complexity index is 1770. The SMILES string of the molecule is COC(=O)CCCCOc1cccc2c1nc(-c1ccccc1)n2-c1cccc(NS(=O)(=O)c2ccc(Cl)cc2)c1. The summed E-state index contributed by atoms with van der Waals surface area (Å²) in [5, 5.41) is 0.455. The molecule has 1 aromatic heterocycles. The molecule has 0 amide bonds. The molecule has 41 heavy (non-hydrogen) atoms. The normalized spacial score (nSPS) is 11.4. The average molecular weight is 590 g/mol. The Labute approximate surface area is 243 Å². The second-order valence-corrected chi connectivity index (χ2v) is 11.4. The number of benzene rings is 4. The molecule has 10 heteroatoms. The minimum Gasteiger partial charge on any atom is -0.491 e. The molecular formula is C31H28ClN3O5S. The van der Waals surface area contributed by atoms with Crippen molar-refractivity contribution < 1.29 is 22.7 Å². The summed E-state index contributed by atoms with van der Waals surface area (Å²) in [6.07, 6.45) is 1.69. The van der Waals surface area contributed by atoms with Crippen LogP contribution in [0.15, 0.2) is 102 Å². The molecule has 4 aromatic carbocycles. The topological polar surface area (TPSA) is 99.5 Å². The lowest BCUT2D eigenvalue weighted by atomic mass is 10.2. The molecule has 0 aliphatic rings. The number of carbonyl (C=O) groups is 1.